The lowest BCUT2D eigenvalue weighted by atomic mass is 10.4. The first-order chi connectivity index (χ1) is 6.15. The van der Waals surface area contributed by atoms with E-state index in [0.29, 0.717) is 0 Å². The topological polar surface area (TPSA) is 88.4 Å². The third kappa shape index (κ3) is 2.05. The Morgan fingerprint density at radius 1 is 1.69 bits per heavy atom. The van der Waals surface area contributed by atoms with E-state index in [0.717, 1.165) is 0 Å². The van der Waals surface area contributed by atoms with E-state index in [9.17, 15) is 14.9 Å². The molecule has 0 fully saturated rings. The number of amides is 1. The smallest absolute Gasteiger partial charge is 0.325 e. The van der Waals surface area contributed by atoms with E-state index in [4.69, 9.17) is 0 Å². The molecule has 0 aromatic carbocycles. The number of nitro groups is 1. The molecule has 1 rings (SSSR count). The maximum atomic E-state index is 10.9. The molecule has 0 radical (unpaired) electrons. The molecule has 13 heavy (non-hydrogen) atoms. The van der Waals surface area contributed by atoms with Crippen LogP contribution in [0.1, 0.15) is 10.5 Å². The van der Waals surface area contributed by atoms with Crippen molar-refractivity contribution in [2.75, 3.05) is 0 Å². The Labute approximate surface area is 77.4 Å². The lowest BCUT2D eigenvalue weighted by Gasteiger charge is -1.86. The quantitative estimate of drug-likeness (QED) is 0.333. The second kappa shape index (κ2) is 3.70. The van der Waals surface area contributed by atoms with Crippen molar-refractivity contribution >= 4 is 29.1 Å². The minimum atomic E-state index is -0.678. The van der Waals surface area contributed by atoms with E-state index in [1.165, 1.54) is 12.1 Å². The predicted octanol–water partition coefficient (Wildman–Crippen LogP) is 1.17. The zero-order valence-electron chi connectivity index (χ0n) is 6.18. The van der Waals surface area contributed by atoms with Gasteiger partial charge in [0.15, 0.2) is 5.69 Å². The van der Waals surface area contributed by atoms with Crippen molar-refractivity contribution in [1.29, 1.82) is 0 Å². The number of aliphatic imine (C=N–C) groups is 1. The monoisotopic (exact) mass is 197 g/mol. The zero-order valence-corrected chi connectivity index (χ0v) is 7.00. The predicted molar refractivity (Wildman–Crippen MR) is 46.8 cm³/mol. The molecular weight excluding hydrogens is 194 g/mol. The summed E-state index contributed by atoms with van der Waals surface area (Å²) < 4.78 is 0. The number of hydrogen-bond acceptors (Lipinski definition) is 4. The third-order valence-electron chi connectivity index (χ3n) is 1.24. The highest BCUT2D eigenvalue weighted by molar-refractivity contribution is 7.78. The van der Waals surface area contributed by atoms with Gasteiger partial charge >= 0.3 is 11.7 Å². The maximum Gasteiger partial charge on any atom is 0.325 e. The number of carbonyl (C=O) groups is 1. The minimum Gasteiger partial charge on any atom is -0.358 e. The Balaban J connectivity index is 2.98. The third-order valence-corrected chi connectivity index (χ3v) is 1.34. The Hall–Kier alpha value is -1.85. The highest BCUT2D eigenvalue weighted by Crippen LogP contribution is 2.10. The van der Waals surface area contributed by atoms with Crippen LogP contribution in [0.2, 0.25) is 0 Å². The molecule has 66 valence electrons. The first-order valence-electron chi connectivity index (χ1n) is 3.10. The fraction of sp³-hybridized carbons (Fsp3) is 0. The molecular formula is C6H3N3O3S. The Bertz CT molecular complexity index is 405. The number of carbonyl (C=O) groups excluding carboxylic acids is 1. The molecule has 0 aliphatic rings. The Morgan fingerprint density at radius 3 is 2.85 bits per heavy atom. The van der Waals surface area contributed by atoms with Gasteiger partial charge in [0.05, 0.1) is 5.16 Å². The van der Waals surface area contributed by atoms with Crippen LogP contribution in [0, 0.1) is 10.1 Å². The van der Waals surface area contributed by atoms with Gasteiger partial charge in [0.2, 0.25) is 0 Å². The SMILES string of the molecule is O=C(N=C=S)c1ccc([N+](=O)[O-])[nH]1. The summed E-state index contributed by atoms with van der Waals surface area (Å²) in [5.74, 6) is -0.939. The fourth-order valence-corrected chi connectivity index (χ4v) is 0.799. The van der Waals surface area contributed by atoms with Crippen molar-refractivity contribution in [1.82, 2.24) is 4.98 Å². The average Bonchev–Trinajstić information content (AvgIpc) is 2.52. The van der Waals surface area contributed by atoms with Crippen LogP contribution in [0.4, 0.5) is 5.82 Å². The average molecular weight is 197 g/mol. The molecule has 0 unspecified atom stereocenters. The molecule has 0 aliphatic carbocycles. The van der Waals surface area contributed by atoms with E-state index in [1.54, 1.807) is 0 Å². The van der Waals surface area contributed by atoms with E-state index in [1.807, 2.05) is 5.16 Å². The van der Waals surface area contributed by atoms with Gasteiger partial charge in [0.25, 0.3) is 0 Å². The summed E-state index contributed by atoms with van der Waals surface area (Å²) >= 11 is 4.20. The van der Waals surface area contributed by atoms with Gasteiger partial charge in [0, 0.05) is 6.07 Å². The summed E-state index contributed by atoms with van der Waals surface area (Å²) in [5, 5.41) is 12.1. The molecule has 0 spiro atoms. The van der Waals surface area contributed by atoms with Crippen LogP contribution in [0.3, 0.4) is 0 Å². The van der Waals surface area contributed by atoms with Crippen molar-refractivity contribution in [3.8, 4) is 0 Å². The molecule has 7 heteroatoms. The summed E-state index contributed by atoms with van der Waals surface area (Å²) in [6.45, 7) is 0. The van der Waals surface area contributed by atoms with Gasteiger partial charge < -0.3 is 10.1 Å². The van der Waals surface area contributed by atoms with Gasteiger partial charge in [-0.05, 0) is 23.2 Å². The summed E-state index contributed by atoms with van der Waals surface area (Å²) in [5.41, 5.74) is 0.0176. The molecule has 0 aliphatic heterocycles. The number of nitrogens with zero attached hydrogens (tertiary/aromatic N) is 2. The van der Waals surface area contributed by atoms with Gasteiger partial charge in [-0.15, -0.1) is 4.99 Å². The van der Waals surface area contributed by atoms with Gasteiger partial charge in [-0.1, -0.05) is 0 Å². The van der Waals surface area contributed by atoms with Crippen LogP contribution < -0.4 is 0 Å². The molecule has 1 amide bonds. The van der Waals surface area contributed by atoms with Crippen LogP contribution in [-0.4, -0.2) is 21.0 Å². The normalized spacial score (nSPS) is 8.92. The largest absolute Gasteiger partial charge is 0.358 e. The standard InChI is InChI=1S/C6H3N3O3S/c10-6(7-3-13)4-1-2-5(8-4)9(11)12/h1-2,8H. The molecule has 6 nitrogen and oxygen atoms in total. The zero-order chi connectivity index (χ0) is 9.84. The van der Waals surface area contributed by atoms with E-state index >= 15 is 0 Å². The van der Waals surface area contributed by atoms with Crippen LogP contribution in [0.25, 0.3) is 0 Å². The number of aromatic amines is 1. The summed E-state index contributed by atoms with van der Waals surface area (Å²) in [7, 11) is 0. The van der Waals surface area contributed by atoms with Crippen molar-refractivity contribution < 1.29 is 9.72 Å². The fourth-order valence-electron chi connectivity index (χ4n) is 0.717. The Kier molecular flexibility index (Phi) is 2.63. The summed E-state index contributed by atoms with van der Waals surface area (Å²) in [6, 6.07) is 2.43. The summed E-state index contributed by atoms with van der Waals surface area (Å²) in [4.78, 5) is 25.9. The van der Waals surface area contributed by atoms with Gasteiger partial charge in [-0.25, -0.2) is 4.98 Å². The van der Waals surface area contributed by atoms with Crippen molar-refractivity contribution in [2.24, 2.45) is 4.99 Å². The molecule has 1 aromatic heterocycles. The molecule has 0 bridgehead atoms. The van der Waals surface area contributed by atoms with E-state index < -0.39 is 10.8 Å². The van der Waals surface area contributed by atoms with E-state index in [-0.39, 0.29) is 11.5 Å². The second-order valence-electron chi connectivity index (χ2n) is 2.02. The van der Waals surface area contributed by atoms with Crippen LogP contribution >= 0.6 is 12.2 Å². The number of isothiocyanates is 1. The van der Waals surface area contributed by atoms with Crippen molar-refractivity contribution in [3.05, 3.63) is 27.9 Å². The number of rotatable bonds is 2. The van der Waals surface area contributed by atoms with Crippen LogP contribution in [0.15, 0.2) is 17.1 Å². The number of nitrogens with one attached hydrogen (secondary N) is 1. The molecule has 1 N–H and O–H groups in total. The van der Waals surface area contributed by atoms with Crippen LogP contribution in [-0.2, 0) is 0 Å². The number of aromatic nitrogens is 1. The van der Waals surface area contributed by atoms with Gasteiger partial charge in [0.1, 0.15) is 0 Å². The molecule has 1 aromatic rings. The van der Waals surface area contributed by atoms with Gasteiger partial charge in [-0.3, -0.25) is 4.79 Å². The summed E-state index contributed by atoms with van der Waals surface area (Å²) in [6.07, 6.45) is 0. The number of thiocarbonyl (C=S) groups is 1. The Morgan fingerprint density at radius 2 is 2.38 bits per heavy atom. The minimum absolute atomic E-state index is 0.0176. The lowest BCUT2D eigenvalue weighted by Crippen LogP contribution is -1.95. The molecule has 0 saturated carbocycles. The number of hydrogen-bond donors (Lipinski definition) is 1. The highest BCUT2D eigenvalue weighted by atomic mass is 32.1. The van der Waals surface area contributed by atoms with Crippen molar-refractivity contribution in [2.45, 2.75) is 0 Å². The molecule has 0 saturated heterocycles. The molecule has 1 heterocycles. The van der Waals surface area contributed by atoms with Gasteiger partial charge in [-0.2, -0.15) is 0 Å². The van der Waals surface area contributed by atoms with E-state index in [2.05, 4.69) is 22.2 Å². The van der Waals surface area contributed by atoms with Crippen LogP contribution in [0.5, 0.6) is 0 Å². The maximum absolute atomic E-state index is 10.9. The second-order valence-corrected chi connectivity index (χ2v) is 2.21. The first kappa shape index (κ1) is 9.24. The lowest BCUT2D eigenvalue weighted by molar-refractivity contribution is -0.389. The highest BCUT2D eigenvalue weighted by Gasteiger charge is 2.13. The first-order valence-corrected chi connectivity index (χ1v) is 3.51. The van der Waals surface area contributed by atoms with Crippen molar-refractivity contribution in [3.63, 3.8) is 0 Å². The number of H-pyrrole nitrogens is 1. The molecule has 0 atom stereocenters.